The molecule has 0 radical (unpaired) electrons. The van der Waals surface area contributed by atoms with E-state index in [1.165, 1.54) is 7.11 Å². The average molecular weight is 271 g/mol. The molecule has 0 fully saturated rings. The van der Waals surface area contributed by atoms with Crippen molar-refractivity contribution >= 4 is 41.6 Å². The lowest BCUT2D eigenvalue weighted by Crippen LogP contribution is -2.22. The predicted octanol–water partition coefficient (Wildman–Crippen LogP) is 2.59. The second-order valence-electron chi connectivity index (χ2n) is 2.67. The minimum absolute atomic E-state index is 0. The number of esters is 1. The van der Waals surface area contributed by atoms with Crippen molar-refractivity contribution in [3.63, 3.8) is 0 Å². The van der Waals surface area contributed by atoms with Gasteiger partial charge in [0.1, 0.15) is 6.04 Å². The normalized spacial score (nSPS) is 11.5. The Morgan fingerprint density at radius 2 is 2.07 bits per heavy atom. The SMILES string of the molecule is COC(=O)[C@H](N)c1cc(Cl)ccc1Cl.Cl. The summed E-state index contributed by atoms with van der Waals surface area (Å²) in [5, 5.41) is 0.871. The summed E-state index contributed by atoms with van der Waals surface area (Å²) in [5.41, 5.74) is 6.07. The molecule has 0 amide bonds. The van der Waals surface area contributed by atoms with Crippen molar-refractivity contribution in [3.8, 4) is 0 Å². The molecule has 0 saturated carbocycles. The molecule has 0 saturated heterocycles. The zero-order chi connectivity index (χ0) is 10.7. The van der Waals surface area contributed by atoms with Crippen LogP contribution in [-0.2, 0) is 9.53 Å². The van der Waals surface area contributed by atoms with Crippen molar-refractivity contribution in [1.82, 2.24) is 0 Å². The second kappa shape index (κ2) is 6.18. The second-order valence-corrected chi connectivity index (χ2v) is 3.51. The van der Waals surface area contributed by atoms with Crippen molar-refractivity contribution < 1.29 is 9.53 Å². The third kappa shape index (κ3) is 3.54. The molecule has 2 N–H and O–H groups in total. The molecular formula is C9H10Cl3NO2. The highest BCUT2D eigenvalue weighted by Crippen LogP contribution is 2.25. The summed E-state index contributed by atoms with van der Waals surface area (Å²) in [4.78, 5) is 11.1. The highest BCUT2D eigenvalue weighted by atomic mass is 35.5. The van der Waals surface area contributed by atoms with Crippen LogP contribution in [0.15, 0.2) is 18.2 Å². The summed E-state index contributed by atoms with van der Waals surface area (Å²) in [6, 6.07) is 3.86. The van der Waals surface area contributed by atoms with Gasteiger partial charge >= 0.3 is 5.97 Å². The van der Waals surface area contributed by atoms with Gasteiger partial charge in [-0.25, -0.2) is 0 Å². The van der Waals surface area contributed by atoms with E-state index in [-0.39, 0.29) is 12.4 Å². The number of halogens is 3. The van der Waals surface area contributed by atoms with Gasteiger partial charge in [0.2, 0.25) is 0 Å². The number of methoxy groups -OCH3 is 1. The highest BCUT2D eigenvalue weighted by molar-refractivity contribution is 6.33. The number of hydrogen-bond donors (Lipinski definition) is 1. The summed E-state index contributed by atoms with van der Waals surface area (Å²) in [6.07, 6.45) is 0. The largest absolute Gasteiger partial charge is 0.468 e. The van der Waals surface area contributed by atoms with Gasteiger partial charge in [-0.1, -0.05) is 23.2 Å². The molecule has 1 aromatic carbocycles. The van der Waals surface area contributed by atoms with Gasteiger partial charge in [-0.3, -0.25) is 4.79 Å². The third-order valence-corrected chi connectivity index (χ3v) is 2.33. The summed E-state index contributed by atoms with van der Waals surface area (Å²) in [5.74, 6) is -0.547. The summed E-state index contributed by atoms with van der Waals surface area (Å²) < 4.78 is 4.50. The van der Waals surface area contributed by atoms with Crippen LogP contribution in [0.1, 0.15) is 11.6 Å². The van der Waals surface area contributed by atoms with Gasteiger partial charge in [0.25, 0.3) is 0 Å². The van der Waals surface area contributed by atoms with Gasteiger partial charge in [0.15, 0.2) is 0 Å². The Labute approximate surface area is 104 Å². The Morgan fingerprint density at radius 1 is 1.47 bits per heavy atom. The van der Waals surface area contributed by atoms with Crippen molar-refractivity contribution in [2.45, 2.75) is 6.04 Å². The van der Waals surface area contributed by atoms with E-state index >= 15 is 0 Å². The maximum absolute atomic E-state index is 11.1. The molecule has 3 nitrogen and oxygen atoms in total. The van der Waals surface area contributed by atoms with Gasteiger partial charge < -0.3 is 10.5 Å². The first-order valence-electron chi connectivity index (χ1n) is 3.84. The fourth-order valence-electron chi connectivity index (χ4n) is 1.01. The van der Waals surface area contributed by atoms with Gasteiger partial charge in [-0.05, 0) is 18.2 Å². The average Bonchev–Trinajstić information content (AvgIpc) is 2.19. The molecule has 0 bridgehead atoms. The Balaban J connectivity index is 0.00000196. The Kier molecular flexibility index (Phi) is 5.98. The molecular weight excluding hydrogens is 260 g/mol. The fourth-order valence-corrected chi connectivity index (χ4v) is 1.42. The van der Waals surface area contributed by atoms with E-state index in [4.69, 9.17) is 28.9 Å². The Morgan fingerprint density at radius 3 is 2.60 bits per heavy atom. The third-order valence-electron chi connectivity index (χ3n) is 1.75. The number of hydrogen-bond acceptors (Lipinski definition) is 3. The first kappa shape index (κ1) is 14.5. The van der Waals surface area contributed by atoms with Crippen molar-refractivity contribution in [2.75, 3.05) is 7.11 Å². The van der Waals surface area contributed by atoms with Crippen molar-refractivity contribution in [3.05, 3.63) is 33.8 Å². The molecule has 15 heavy (non-hydrogen) atoms. The van der Waals surface area contributed by atoms with E-state index < -0.39 is 12.0 Å². The lowest BCUT2D eigenvalue weighted by atomic mass is 10.1. The first-order valence-corrected chi connectivity index (χ1v) is 4.60. The smallest absolute Gasteiger partial charge is 0.327 e. The van der Waals surface area contributed by atoms with Crippen molar-refractivity contribution in [2.24, 2.45) is 5.73 Å². The van der Waals surface area contributed by atoms with Crippen LogP contribution in [0.4, 0.5) is 0 Å². The number of nitrogens with two attached hydrogens (primary N) is 1. The van der Waals surface area contributed by atoms with E-state index in [9.17, 15) is 4.79 Å². The molecule has 1 aromatic rings. The molecule has 84 valence electrons. The van der Waals surface area contributed by atoms with Crippen LogP contribution in [0.2, 0.25) is 10.0 Å². The molecule has 0 spiro atoms. The standard InChI is InChI=1S/C9H9Cl2NO2.ClH/c1-14-9(13)8(12)6-4-5(10)2-3-7(6)11;/h2-4,8H,12H2,1H3;1H/t8-;/m1./s1. The first-order chi connectivity index (χ1) is 6.56. The van der Waals surface area contributed by atoms with Gasteiger partial charge in [0, 0.05) is 15.6 Å². The quantitative estimate of drug-likeness (QED) is 0.841. The number of ether oxygens (including phenoxy) is 1. The zero-order valence-electron chi connectivity index (χ0n) is 7.87. The summed E-state index contributed by atoms with van der Waals surface area (Å²) in [6.45, 7) is 0. The number of carbonyl (C=O) groups is 1. The molecule has 1 rings (SSSR count). The van der Waals surface area contributed by atoms with Crippen LogP contribution < -0.4 is 5.73 Å². The molecule has 0 unspecified atom stereocenters. The van der Waals surface area contributed by atoms with E-state index in [0.717, 1.165) is 0 Å². The van der Waals surface area contributed by atoms with E-state index in [0.29, 0.717) is 15.6 Å². The number of benzene rings is 1. The lowest BCUT2D eigenvalue weighted by Gasteiger charge is -2.11. The Hall–Kier alpha value is -0.480. The van der Waals surface area contributed by atoms with Crippen LogP contribution in [0.3, 0.4) is 0 Å². The minimum Gasteiger partial charge on any atom is -0.468 e. The van der Waals surface area contributed by atoms with Gasteiger partial charge in [-0.2, -0.15) is 0 Å². The molecule has 0 aliphatic rings. The topological polar surface area (TPSA) is 52.3 Å². The van der Waals surface area contributed by atoms with E-state index in [2.05, 4.69) is 4.74 Å². The van der Waals surface area contributed by atoms with Crippen LogP contribution >= 0.6 is 35.6 Å². The predicted molar refractivity (Wildman–Crippen MR) is 62.7 cm³/mol. The van der Waals surface area contributed by atoms with E-state index in [1.807, 2.05) is 0 Å². The zero-order valence-corrected chi connectivity index (χ0v) is 10.2. The molecule has 0 heterocycles. The lowest BCUT2D eigenvalue weighted by molar-refractivity contribution is -0.142. The molecule has 6 heteroatoms. The van der Waals surface area contributed by atoms with E-state index in [1.54, 1.807) is 18.2 Å². The van der Waals surface area contributed by atoms with Crippen molar-refractivity contribution in [1.29, 1.82) is 0 Å². The van der Waals surface area contributed by atoms with Crippen LogP contribution in [0.5, 0.6) is 0 Å². The maximum atomic E-state index is 11.1. The monoisotopic (exact) mass is 269 g/mol. The van der Waals surface area contributed by atoms with Crippen LogP contribution in [-0.4, -0.2) is 13.1 Å². The van der Waals surface area contributed by atoms with Crippen LogP contribution in [0.25, 0.3) is 0 Å². The van der Waals surface area contributed by atoms with Gasteiger partial charge in [-0.15, -0.1) is 12.4 Å². The maximum Gasteiger partial charge on any atom is 0.327 e. The molecule has 0 aliphatic heterocycles. The minimum atomic E-state index is -0.897. The molecule has 1 atom stereocenters. The summed E-state index contributed by atoms with van der Waals surface area (Å²) >= 11 is 11.6. The summed E-state index contributed by atoms with van der Waals surface area (Å²) in [7, 11) is 1.26. The number of carbonyl (C=O) groups excluding carboxylic acids is 1. The number of rotatable bonds is 2. The fraction of sp³-hybridized carbons (Fsp3) is 0.222. The highest BCUT2D eigenvalue weighted by Gasteiger charge is 2.19. The molecule has 0 aromatic heterocycles. The van der Waals surface area contributed by atoms with Crippen LogP contribution in [0, 0.1) is 0 Å². The Bertz CT molecular complexity index is 357. The molecule has 0 aliphatic carbocycles. The van der Waals surface area contributed by atoms with Gasteiger partial charge in [0.05, 0.1) is 7.11 Å².